The Labute approximate surface area is 122 Å². The van der Waals surface area contributed by atoms with E-state index in [0.717, 1.165) is 17.4 Å². The predicted octanol–water partition coefficient (Wildman–Crippen LogP) is 1.56. The van der Waals surface area contributed by atoms with Gasteiger partial charge in [-0.2, -0.15) is 0 Å². The molecule has 104 valence electrons. The Hall–Kier alpha value is -2.13. The fourth-order valence-corrected chi connectivity index (χ4v) is 2.78. The number of aromatic nitrogens is 2. The number of carbonyl (C=O) groups is 2. The second kappa shape index (κ2) is 6.35. The lowest BCUT2D eigenvalue weighted by molar-refractivity contribution is -0.133. The van der Waals surface area contributed by atoms with Crippen LogP contribution < -0.4 is 11.1 Å². The van der Waals surface area contributed by atoms with Crippen LogP contribution in [0.3, 0.4) is 0 Å². The van der Waals surface area contributed by atoms with Gasteiger partial charge in [-0.25, -0.2) is 0 Å². The van der Waals surface area contributed by atoms with Crippen LogP contribution in [0, 0.1) is 0 Å². The third kappa shape index (κ3) is 3.93. The number of benzene rings is 1. The summed E-state index contributed by atoms with van der Waals surface area (Å²) in [5, 5.41) is 19.9. The number of thioether (sulfide) groups is 1. The number of nitrogens with one attached hydrogen (secondary N) is 1. The average molecular weight is 310 g/mol. The minimum Gasteiger partial charge on any atom is -0.481 e. The number of rotatable bonds is 6. The van der Waals surface area contributed by atoms with Gasteiger partial charge in [0, 0.05) is 11.3 Å². The summed E-state index contributed by atoms with van der Waals surface area (Å²) in [5.41, 5.74) is 6.31. The zero-order chi connectivity index (χ0) is 14.5. The number of anilines is 2. The molecule has 0 atom stereocenters. The number of nitrogens with two attached hydrogens (primary N) is 1. The molecule has 0 spiro atoms. The van der Waals surface area contributed by atoms with Gasteiger partial charge in [0.2, 0.25) is 11.0 Å². The molecule has 0 saturated heterocycles. The molecule has 0 radical (unpaired) electrons. The summed E-state index contributed by atoms with van der Waals surface area (Å²) in [7, 11) is 0. The van der Waals surface area contributed by atoms with Gasteiger partial charge in [-0.1, -0.05) is 23.1 Å². The molecule has 2 rings (SSSR count). The van der Waals surface area contributed by atoms with Crippen LogP contribution in [-0.2, 0) is 4.79 Å². The minimum atomic E-state index is -0.901. The number of primary amides is 1. The van der Waals surface area contributed by atoms with Crippen LogP contribution in [0.1, 0.15) is 10.4 Å². The van der Waals surface area contributed by atoms with Crippen molar-refractivity contribution >= 4 is 45.8 Å². The zero-order valence-corrected chi connectivity index (χ0v) is 11.7. The Morgan fingerprint density at radius 2 is 2.00 bits per heavy atom. The van der Waals surface area contributed by atoms with Crippen LogP contribution in [0.2, 0.25) is 0 Å². The molecule has 1 aromatic heterocycles. The molecule has 0 fully saturated rings. The lowest BCUT2D eigenvalue weighted by Crippen LogP contribution is -2.10. The summed E-state index contributed by atoms with van der Waals surface area (Å²) >= 11 is 2.37. The van der Waals surface area contributed by atoms with Crippen molar-refractivity contribution in [2.24, 2.45) is 5.73 Å². The summed E-state index contributed by atoms with van der Waals surface area (Å²) in [5.74, 6) is -1.44. The van der Waals surface area contributed by atoms with Gasteiger partial charge in [0.25, 0.3) is 0 Å². The van der Waals surface area contributed by atoms with E-state index in [9.17, 15) is 9.59 Å². The summed E-state index contributed by atoms with van der Waals surface area (Å²) in [6, 6.07) is 6.61. The van der Waals surface area contributed by atoms with Gasteiger partial charge < -0.3 is 16.2 Å². The van der Waals surface area contributed by atoms with E-state index in [-0.39, 0.29) is 5.75 Å². The second-order valence-electron chi connectivity index (χ2n) is 3.62. The number of hydrogen-bond acceptors (Lipinski definition) is 7. The lowest BCUT2D eigenvalue weighted by Gasteiger charge is -2.02. The first kappa shape index (κ1) is 14.3. The van der Waals surface area contributed by atoms with Crippen LogP contribution in [0.5, 0.6) is 0 Å². The summed E-state index contributed by atoms with van der Waals surface area (Å²) in [6.07, 6.45) is 0. The average Bonchev–Trinajstić information content (AvgIpc) is 2.84. The number of hydrogen-bond donors (Lipinski definition) is 3. The number of carboxylic acid groups (broad SMARTS) is 1. The monoisotopic (exact) mass is 310 g/mol. The molecule has 4 N–H and O–H groups in total. The van der Waals surface area contributed by atoms with Crippen molar-refractivity contribution in [1.29, 1.82) is 0 Å². The van der Waals surface area contributed by atoms with Gasteiger partial charge in [-0.3, -0.25) is 9.59 Å². The highest BCUT2D eigenvalue weighted by Crippen LogP contribution is 2.27. The first-order valence-corrected chi connectivity index (χ1v) is 7.20. The fourth-order valence-electron chi connectivity index (χ4n) is 1.28. The van der Waals surface area contributed by atoms with E-state index in [1.807, 2.05) is 0 Å². The Kier molecular flexibility index (Phi) is 4.53. The lowest BCUT2D eigenvalue weighted by atomic mass is 10.2. The fraction of sp³-hybridized carbons (Fsp3) is 0.0909. The quantitative estimate of drug-likeness (QED) is 0.693. The van der Waals surface area contributed by atoms with Gasteiger partial charge in [0.1, 0.15) is 0 Å². The molecule has 9 heteroatoms. The molecule has 0 aliphatic carbocycles. The molecule has 7 nitrogen and oxygen atoms in total. The highest BCUT2D eigenvalue weighted by atomic mass is 32.2. The highest BCUT2D eigenvalue weighted by molar-refractivity contribution is 8.01. The highest BCUT2D eigenvalue weighted by Gasteiger charge is 2.07. The van der Waals surface area contributed by atoms with Crippen molar-refractivity contribution in [2.45, 2.75) is 4.34 Å². The van der Waals surface area contributed by atoms with Crippen LogP contribution in [-0.4, -0.2) is 32.9 Å². The third-order valence-corrected chi connectivity index (χ3v) is 4.10. The smallest absolute Gasteiger partial charge is 0.313 e. The molecule has 1 heterocycles. The summed E-state index contributed by atoms with van der Waals surface area (Å²) in [6.45, 7) is 0. The van der Waals surface area contributed by atoms with E-state index in [1.165, 1.54) is 11.3 Å². The van der Waals surface area contributed by atoms with E-state index in [1.54, 1.807) is 24.3 Å². The topological polar surface area (TPSA) is 118 Å². The van der Waals surface area contributed by atoms with Gasteiger partial charge >= 0.3 is 5.97 Å². The molecular weight excluding hydrogens is 300 g/mol. The second-order valence-corrected chi connectivity index (χ2v) is 5.82. The maximum Gasteiger partial charge on any atom is 0.313 e. The molecule has 0 saturated carbocycles. The van der Waals surface area contributed by atoms with Crippen molar-refractivity contribution in [1.82, 2.24) is 10.2 Å². The largest absolute Gasteiger partial charge is 0.481 e. The molecule has 1 aromatic carbocycles. The Morgan fingerprint density at radius 3 is 2.60 bits per heavy atom. The molecule has 2 aromatic rings. The van der Waals surface area contributed by atoms with E-state index >= 15 is 0 Å². The predicted molar refractivity (Wildman–Crippen MR) is 76.5 cm³/mol. The van der Waals surface area contributed by atoms with Gasteiger partial charge in [-0.15, -0.1) is 10.2 Å². The Bertz CT molecular complexity index is 627. The van der Waals surface area contributed by atoms with Gasteiger partial charge in [-0.05, 0) is 24.3 Å². The van der Waals surface area contributed by atoms with Crippen LogP contribution in [0.25, 0.3) is 0 Å². The van der Waals surface area contributed by atoms with E-state index < -0.39 is 11.9 Å². The van der Waals surface area contributed by atoms with Crippen molar-refractivity contribution in [3.63, 3.8) is 0 Å². The zero-order valence-electron chi connectivity index (χ0n) is 10.1. The maximum absolute atomic E-state index is 10.9. The normalized spacial score (nSPS) is 10.2. The van der Waals surface area contributed by atoms with Crippen molar-refractivity contribution in [3.8, 4) is 0 Å². The first-order chi connectivity index (χ1) is 9.54. The van der Waals surface area contributed by atoms with Crippen molar-refractivity contribution in [3.05, 3.63) is 29.8 Å². The Morgan fingerprint density at radius 1 is 1.30 bits per heavy atom. The Balaban J connectivity index is 1.99. The summed E-state index contributed by atoms with van der Waals surface area (Å²) < 4.78 is 0.573. The molecule has 0 bridgehead atoms. The number of aliphatic carboxylic acids is 1. The van der Waals surface area contributed by atoms with Gasteiger partial charge in [0.15, 0.2) is 4.34 Å². The molecule has 0 aliphatic heterocycles. The van der Waals surface area contributed by atoms with Gasteiger partial charge in [0.05, 0.1) is 5.75 Å². The van der Waals surface area contributed by atoms with Crippen LogP contribution in [0.4, 0.5) is 10.8 Å². The number of carbonyl (C=O) groups excluding carboxylic acids is 1. The molecule has 0 aliphatic rings. The number of nitrogens with zero attached hydrogens (tertiary/aromatic N) is 2. The van der Waals surface area contributed by atoms with Crippen LogP contribution >= 0.6 is 23.1 Å². The minimum absolute atomic E-state index is 0.0536. The maximum atomic E-state index is 10.9. The van der Waals surface area contributed by atoms with E-state index in [0.29, 0.717) is 15.0 Å². The van der Waals surface area contributed by atoms with E-state index in [2.05, 4.69) is 15.5 Å². The molecule has 0 unspecified atom stereocenters. The van der Waals surface area contributed by atoms with Crippen LogP contribution in [0.15, 0.2) is 28.6 Å². The standard InChI is InChI=1S/C11H10N4O3S2/c12-9(18)6-1-3-7(4-2-6)13-10-14-15-11(20-10)19-5-8(16)17/h1-4H,5H2,(H2,12,18)(H,13,14)(H,16,17). The number of amides is 1. The SMILES string of the molecule is NC(=O)c1ccc(Nc2nnc(SCC(=O)O)s2)cc1. The summed E-state index contributed by atoms with van der Waals surface area (Å²) in [4.78, 5) is 21.4. The molecule has 1 amide bonds. The third-order valence-electron chi connectivity index (χ3n) is 2.15. The number of carboxylic acids is 1. The van der Waals surface area contributed by atoms with E-state index in [4.69, 9.17) is 10.8 Å². The molecule has 20 heavy (non-hydrogen) atoms. The molecular formula is C11H10N4O3S2. The first-order valence-electron chi connectivity index (χ1n) is 5.39. The van der Waals surface area contributed by atoms with Crippen molar-refractivity contribution < 1.29 is 14.7 Å². The van der Waals surface area contributed by atoms with Crippen molar-refractivity contribution in [2.75, 3.05) is 11.1 Å².